The van der Waals surface area contributed by atoms with E-state index in [1.165, 1.54) is 16.3 Å². The molecule has 0 bridgehead atoms. The number of hydrogen-bond donors (Lipinski definition) is 1. The standard InChI is InChI=1S/C22H24N2O/c1-2-22(25)24(18-10-4-3-5-11-18)21-15-14-17-9-6-7-12-19(17)20(21)13-8-16-23/h3-7,9-12,14-15H,2,8,13,16,23H2,1H3. The molecule has 0 radical (unpaired) electrons. The normalized spacial score (nSPS) is 10.8. The first-order chi connectivity index (χ1) is 12.3. The number of amides is 1. The van der Waals surface area contributed by atoms with Crippen LogP contribution in [0.5, 0.6) is 0 Å². The Bertz CT molecular complexity index is 858. The molecule has 0 aromatic heterocycles. The molecule has 0 spiro atoms. The van der Waals surface area contributed by atoms with Crippen LogP contribution in [-0.4, -0.2) is 12.5 Å². The maximum absolute atomic E-state index is 12.8. The number of para-hydroxylation sites is 1. The van der Waals surface area contributed by atoms with E-state index in [4.69, 9.17) is 5.73 Å². The predicted molar refractivity (Wildman–Crippen MR) is 105 cm³/mol. The zero-order chi connectivity index (χ0) is 17.6. The van der Waals surface area contributed by atoms with E-state index in [9.17, 15) is 4.79 Å². The van der Waals surface area contributed by atoms with Crippen molar-refractivity contribution in [2.75, 3.05) is 11.4 Å². The first kappa shape index (κ1) is 17.2. The monoisotopic (exact) mass is 332 g/mol. The largest absolute Gasteiger partial charge is 0.330 e. The van der Waals surface area contributed by atoms with Gasteiger partial charge in [0, 0.05) is 12.1 Å². The lowest BCUT2D eigenvalue weighted by Gasteiger charge is -2.26. The SMILES string of the molecule is CCC(=O)N(c1ccccc1)c1ccc2ccccc2c1CCCN. The van der Waals surface area contributed by atoms with Gasteiger partial charge in [0.25, 0.3) is 0 Å². The van der Waals surface area contributed by atoms with Crippen LogP contribution in [-0.2, 0) is 11.2 Å². The van der Waals surface area contributed by atoms with Gasteiger partial charge in [0.2, 0.25) is 5.91 Å². The van der Waals surface area contributed by atoms with Crippen LogP contribution in [0.15, 0.2) is 66.7 Å². The summed E-state index contributed by atoms with van der Waals surface area (Å²) in [5.41, 5.74) is 8.82. The average molecular weight is 332 g/mol. The Morgan fingerprint density at radius 3 is 2.40 bits per heavy atom. The minimum atomic E-state index is 0.0930. The summed E-state index contributed by atoms with van der Waals surface area (Å²) in [4.78, 5) is 14.6. The van der Waals surface area contributed by atoms with Crippen molar-refractivity contribution in [3.63, 3.8) is 0 Å². The van der Waals surface area contributed by atoms with E-state index in [0.29, 0.717) is 13.0 Å². The summed E-state index contributed by atoms with van der Waals surface area (Å²) >= 11 is 0. The summed E-state index contributed by atoms with van der Waals surface area (Å²) in [6.45, 7) is 2.54. The molecule has 0 unspecified atom stereocenters. The maximum atomic E-state index is 12.8. The van der Waals surface area contributed by atoms with E-state index in [-0.39, 0.29) is 5.91 Å². The second kappa shape index (κ2) is 7.95. The van der Waals surface area contributed by atoms with Crippen molar-refractivity contribution in [1.29, 1.82) is 0 Å². The molecular weight excluding hydrogens is 308 g/mol. The number of carbonyl (C=O) groups excluding carboxylic acids is 1. The average Bonchev–Trinajstić information content (AvgIpc) is 2.67. The van der Waals surface area contributed by atoms with Crippen molar-refractivity contribution in [3.05, 3.63) is 72.3 Å². The highest BCUT2D eigenvalue weighted by atomic mass is 16.2. The van der Waals surface area contributed by atoms with Crippen molar-refractivity contribution in [2.45, 2.75) is 26.2 Å². The van der Waals surface area contributed by atoms with Crippen LogP contribution < -0.4 is 10.6 Å². The van der Waals surface area contributed by atoms with Crippen LogP contribution in [0.2, 0.25) is 0 Å². The molecule has 2 N–H and O–H groups in total. The topological polar surface area (TPSA) is 46.3 Å². The van der Waals surface area contributed by atoms with Crippen molar-refractivity contribution in [1.82, 2.24) is 0 Å². The molecule has 0 heterocycles. The molecule has 128 valence electrons. The van der Waals surface area contributed by atoms with Crippen LogP contribution in [0, 0.1) is 0 Å². The minimum Gasteiger partial charge on any atom is -0.330 e. The van der Waals surface area contributed by atoms with Crippen molar-refractivity contribution < 1.29 is 4.79 Å². The molecule has 3 aromatic carbocycles. The maximum Gasteiger partial charge on any atom is 0.231 e. The van der Waals surface area contributed by atoms with Gasteiger partial charge in [0.1, 0.15) is 0 Å². The fourth-order valence-electron chi connectivity index (χ4n) is 3.23. The van der Waals surface area contributed by atoms with Crippen molar-refractivity contribution in [3.8, 4) is 0 Å². The number of nitrogens with zero attached hydrogens (tertiary/aromatic N) is 1. The van der Waals surface area contributed by atoms with E-state index in [1.807, 2.05) is 54.3 Å². The summed E-state index contributed by atoms with van der Waals surface area (Å²) < 4.78 is 0. The van der Waals surface area contributed by atoms with Crippen LogP contribution in [0.4, 0.5) is 11.4 Å². The molecule has 3 rings (SSSR count). The lowest BCUT2D eigenvalue weighted by Crippen LogP contribution is -2.26. The lowest BCUT2D eigenvalue weighted by molar-refractivity contribution is -0.117. The molecule has 0 aliphatic rings. The Hall–Kier alpha value is -2.65. The third-order valence-electron chi connectivity index (χ3n) is 4.45. The van der Waals surface area contributed by atoms with E-state index >= 15 is 0 Å². The molecule has 0 aliphatic heterocycles. The molecule has 3 nitrogen and oxygen atoms in total. The number of carbonyl (C=O) groups is 1. The number of nitrogens with two attached hydrogens (primary N) is 1. The van der Waals surface area contributed by atoms with Gasteiger partial charge in [-0.2, -0.15) is 0 Å². The third-order valence-corrected chi connectivity index (χ3v) is 4.45. The minimum absolute atomic E-state index is 0.0930. The van der Waals surface area contributed by atoms with Gasteiger partial charge < -0.3 is 5.73 Å². The zero-order valence-electron chi connectivity index (χ0n) is 14.6. The number of hydrogen-bond acceptors (Lipinski definition) is 2. The van der Waals surface area contributed by atoms with Crippen LogP contribution in [0.3, 0.4) is 0 Å². The smallest absolute Gasteiger partial charge is 0.231 e. The molecule has 0 aliphatic carbocycles. The van der Waals surface area contributed by atoms with E-state index < -0.39 is 0 Å². The number of anilines is 2. The first-order valence-electron chi connectivity index (χ1n) is 8.85. The molecule has 0 fully saturated rings. The Labute approximate surface area is 149 Å². The molecule has 3 heteroatoms. The van der Waals surface area contributed by atoms with E-state index in [1.54, 1.807) is 0 Å². The predicted octanol–water partition coefficient (Wildman–Crippen LogP) is 4.81. The van der Waals surface area contributed by atoms with Gasteiger partial charge in [-0.05, 0) is 53.9 Å². The fourth-order valence-corrected chi connectivity index (χ4v) is 3.23. The summed E-state index contributed by atoms with van der Waals surface area (Å²) in [5.74, 6) is 0.0930. The Morgan fingerprint density at radius 1 is 0.960 bits per heavy atom. The van der Waals surface area contributed by atoms with Crippen LogP contribution in [0.1, 0.15) is 25.3 Å². The second-order valence-corrected chi connectivity index (χ2v) is 6.09. The van der Waals surface area contributed by atoms with Gasteiger partial charge in [-0.1, -0.05) is 55.5 Å². The summed E-state index contributed by atoms with van der Waals surface area (Å²) in [7, 11) is 0. The third kappa shape index (κ3) is 3.57. The molecule has 25 heavy (non-hydrogen) atoms. The van der Waals surface area contributed by atoms with Crippen molar-refractivity contribution in [2.24, 2.45) is 5.73 Å². The number of fused-ring (bicyclic) bond motifs is 1. The van der Waals surface area contributed by atoms with Gasteiger partial charge >= 0.3 is 0 Å². The van der Waals surface area contributed by atoms with Gasteiger partial charge in [-0.25, -0.2) is 0 Å². The molecule has 3 aromatic rings. The highest BCUT2D eigenvalue weighted by molar-refractivity contribution is 6.04. The summed E-state index contributed by atoms with van der Waals surface area (Å²) in [5, 5.41) is 2.38. The Balaban J connectivity index is 2.21. The van der Waals surface area contributed by atoms with Gasteiger partial charge in [-0.3, -0.25) is 9.69 Å². The molecule has 0 saturated carbocycles. The van der Waals surface area contributed by atoms with Crippen molar-refractivity contribution >= 4 is 28.1 Å². The summed E-state index contributed by atoms with van der Waals surface area (Å²) in [6, 6.07) is 22.3. The highest BCUT2D eigenvalue weighted by Gasteiger charge is 2.20. The van der Waals surface area contributed by atoms with Gasteiger partial charge in [0.15, 0.2) is 0 Å². The van der Waals surface area contributed by atoms with Gasteiger partial charge in [-0.15, -0.1) is 0 Å². The van der Waals surface area contributed by atoms with Crippen LogP contribution >= 0.6 is 0 Å². The molecular formula is C22H24N2O. The number of aryl methyl sites for hydroxylation is 1. The quantitative estimate of drug-likeness (QED) is 0.704. The van der Waals surface area contributed by atoms with Crippen LogP contribution in [0.25, 0.3) is 10.8 Å². The Kier molecular flexibility index (Phi) is 5.46. The number of benzene rings is 3. The van der Waals surface area contributed by atoms with E-state index in [2.05, 4.69) is 24.3 Å². The fraction of sp³-hybridized carbons (Fsp3) is 0.227. The molecule has 0 saturated heterocycles. The second-order valence-electron chi connectivity index (χ2n) is 6.09. The molecule has 1 amide bonds. The van der Waals surface area contributed by atoms with Gasteiger partial charge in [0.05, 0.1) is 5.69 Å². The first-order valence-corrected chi connectivity index (χ1v) is 8.85. The lowest BCUT2D eigenvalue weighted by atomic mass is 9.97. The Morgan fingerprint density at radius 2 is 1.68 bits per heavy atom. The zero-order valence-corrected chi connectivity index (χ0v) is 14.6. The molecule has 0 atom stereocenters. The van der Waals surface area contributed by atoms with E-state index in [0.717, 1.165) is 24.2 Å². The highest BCUT2D eigenvalue weighted by Crippen LogP contribution is 2.34. The number of rotatable bonds is 6. The summed E-state index contributed by atoms with van der Waals surface area (Å²) in [6.07, 6.45) is 2.20.